The lowest BCUT2D eigenvalue weighted by Gasteiger charge is -2.16. The van der Waals surface area contributed by atoms with Crippen LogP contribution in [-0.2, 0) is 16.0 Å². The summed E-state index contributed by atoms with van der Waals surface area (Å²) in [6, 6.07) is 10.2. The number of phenolic OH excluding ortho intramolecular Hbond substituents is 1. The van der Waals surface area contributed by atoms with Gasteiger partial charge in [0.05, 0.1) is 7.11 Å². The molecular weight excluding hydrogens is 230 g/mol. The first-order chi connectivity index (χ1) is 8.70. The minimum atomic E-state index is -0.380. The van der Waals surface area contributed by atoms with E-state index in [0.717, 1.165) is 5.56 Å². The fourth-order valence-corrected chi connectivity index (χ4v) is 1.86. The maximum absolute atomic E-state index is 11.8. The zero-order valence-electron chi connectivity index (χ0n) is 10.1. The van der Waals surface area contributed by atoms with E-state index in [-0.39, 0.29) is 17.8 Å². The average molecular weight is 245 g/mol. The van der Waals surface area contributed by atoms with Gasteiger partial charge in [-0.1, -0.05) is 12.1 Å². The monoisotopic (exact) mass is 245 g/mol. The summed E-state index contributed by atoms with van der Waals surface area (Å²) in [6.07, 6.45) is 4.20. The number of phenols is 1. The van der Waals surface area contributed by atoms with E-state index in [9.17, 15) is 9.90 Å². The normalized spacial score (nSPS) is 12.1. The maximum atomic E-state index is 11.8. The second-order valence-corrected chi connectivity index (χ2v) is 4.04. The van der Waals surface area contributed by atoms with Gasteiger partial charge in [0.15, 0.2) is 0 Å². The predicted molar refractivity (Wildman–Crippen MR) is 67.3 cm³/mol. The molecule has 0 spiro atoms. The van der Waals surface area contributed by atoms with E-state index in [1.807, 2.05) is 29.1 Å². The molecule has 0 unspecified atom stereocenters. The largest absolute Gasteiger partial charge is 0.508 e. The molecule has 1 N–H and O–H groups in total. The van der Waals surface area contributed by atoms with Crippen LogP contribution in [0.15, 0.2) is 48.8 Å². The summed E-state index contributed by atoms with van der Waals surface area (Å²) in [4.78, 5) is 11.8. The van der Waals surface area contributed by atoms with E-state index in [0.29, 0.717) is 6.42 Å². The van der Waals surface area contributed by atoms with Crippen LogP contribution in [0.4, 0.5) is 0 Å². The van der Waals surface area contributed by atoms with Crippen LogP contribution in [0.3, 0.4) is 0 Å². The highest BCUT2D eigenvalue weighted by molar-refractivity contribution is 5.74. The Balaban J connectivity index is 2.20. The topological polar surface area (TPSA) is 51.5 Å². The molecule has 0 aliphatic heterocycles. The first-order valence-corrected chi connectivity index (χ1v) is 5.69. The number of benzene rings is 1. The van der Waals surface area contributed by atoms with Crippen molar-refractivity contribution in [2.75, 3.05) is 7.11 Å². The van der Waals surface area contributed by atoms with Crippen LogP contribution in [0.5, 0.6) is 5.75 Å². The van der Waals surface area contributed by atoms with E-state index >= 15 is 0 Å². The lowest BCUT2D eigenvalue weighted by Crippen LogP contribution is -2.22. The van der Waals surface area contributed by atoms with Gasteiger partial charge < -0.3 is 14.4 Å². The average Bonchev–Trinajstić information content (AvgIpc) is 2.91. The molecule has 0 aliphatic carbocycles. The molecular formula is C14H15NO3. The predicted octanol–water partition coefficient (Wildman–Crippen LogP) is 2.15. The number of carbonyl (C=O) groups is 1. The van der Waals surface area contributed by atoms with Gasteiger partial charge in [-0.3, -0.25) is 0 Å². The molecule has 94 valence electrons. The van der Waals surface area contributed by atoms with Gasteiger partial charge in [-0.25, -0.2) is 4.79 Å². The fourth-order valence-electron chi connectivity index (χ4n) is 1.86. The minimum Gasteiger partial charge on any atom is -0.508 e. The molecule has 0 saturated heterocycles. The van der Waals surface area contributed by atoms with E-state index in [2.05, 4.69) is 0 Å². The summed E-state index contributed by atoms with van der Waals surface area (Å²) in [5, 5.41) is 9.23. The van der Waals surface area contributed by atoms with Crippen molar-refractivity contribution >= 4 is 5.97 Å². The van der Waals surface area contributed by atoms with Gasteiger partial charge in [-0.15, -0.1) is 0 Å². The highest BCUT2D eigenvalue weighted by atomic mass is 16.5. The molecule has 4 heteroatoms. The first-order valence-electron chi connectivity index (χ1n) is 5.69. The Morgan fingerprint density at radius 2 is 1.89 bits per heavy atom. The van der Waals surface area contributed by atoms with Gasteiger partial charge in [0.25, 0.3) is 0 Å². The second kappa shape index (κ2) is 5.40. The van der Waals surface area contributed by atoms with E-state index in [1.54, 1.807) is 24.3 Å². The van der Waals surface area contributed by atoms with Gasteiger partial charge in [-0.05, 0) is 29.8 Å². The number of nitrogens with zero attached hydrogens (tertiary/aromatic N) is 1. The number of hydrogen-bond donors (Lipinski definition) is 1. The van der Waals surface area contributed by atoms with Crippen molar-refractivity contribution in [1.82, 2.24) is 4.57 Å². The number of ether oxygens (including phenoxy) is 1. The molecule has 1 aromatic heterocycles. The zero-order valence-corrected chi connectivity index (χ0v) is 10.1. The van der Waals surface area contributed by atoms with Gasteiger partial charge in [0, 0.05) is 18.8 Å². The maximum Gasteiger partial charge on any atom is 0.329 e. The number of aromatic hydroxyl groups is 1. The molecule has 1 heterocycles. The Morgan fingerprint density at radius 3 is 2.44 bits per heavy atom. The second-order valence-electron chi connectivity index (χ2n) is 4.04. The summed E-state index contributed by atoms with van der Waals surface area (Å²) < 4.78 is 6.64. The van der Waals surface area contributed by atoms with Crippen molar-refractivity contribution in [3.05, 3.63) is 54.4 Å². The van der Waals surface area contributed by atoms with Gasteiger partial charge in [-0.2, -0.15) is 0 Å². The van der Waals surface area contributed by atoms with Crippen molar-refractivity contribution in [3.8, 4) is 5.75 Å². The van der Waals surface area contributed by atoms with Crippen molar-refractivity contribution in [2.45, 2.75) is 12.5 Å². The third kappa shape index (κ3) is 2.71. The molecule has 0 bridgehead atoms. The van der Waals surface area contributed by atoms with Crippen LogP contribution in [-0.4, -0.2) is 22.8 Å². The SMILES string of the molecule is COC(=O)[C@@H](Cc1ccc(O)cc1)n1cccc1. The Labute approximate surface area is 105 Å². The van der Waals surface area contributed by atoms with Crippen LogP contribution in [0.2, 0.25) is 0 Å². The van der Waals surface area contributed by atoms with Crippen LogP contribution in [0.25, 0.3) is 0 Å². The zero-order chi connectivity index (χ0) is 13.0. The quantitative estimate of drug-likeness (QED) is 0.840. The summed E-state index contributed by atoms with van der Waals surface area (Å²) in [7, 11) is 1.38. The van der Waals surface area contributed by atoms with Gasteiger partial charge in [0.1, 0.15) is 11.8 Å². The Hall–Kier alpha value is -2.23. The van der Waals surface area contributed by atoms with Crippen molar-refractivity contribution in [3.63, 3.8) is 0 Å². The lowest BCUT2D eigenvalue weighted by atomic mass is 10.1. The summed E-state index contributed by atoms with van der Waals surface area (Å²) >= 11 is 0. The molecule has 2 rings (SSSR count). The summed E-state index contributed by atoms with van der Waals surface area (Å²) in [5.74, 6) is -0.0615. The van der Waals surface area contributed by atoms with E-state index in [4.69, 9.17) is 4.74 Å². The van der Waals surface area contributed by atoms with Crippen molar-refractivity contribution in [2.24, 2.45) is 0 Å². The van der Waals surface area contributed by atoms with Crippen LogP contribution < -0.4 is 0 Å². The summed E-state index contributed by atoms with van der Waals surface area (Å²) in [6.45, 7) is 0. The minimum absolute atomic E-state index is 0.217. The van der Waals surface area contributed by atoms with Gasteiger partial charge in [0.2, 0.25) is 0 Å². The third-order valence-electron chi connectivity index (χ3n) is 2.83. The molecule has 0 aliphatic rings. The Bertz CT molecular complexity index is 502. The molecule has 2 aromatic rings. The van der Waals surface area contributed by atoms with Crippen LogP contribution in [0.1, 0.15) is 11.6 Å². The molecule has 1 aromatic carbocycles. The number of aromatic nitrogens is 1. The third-order valence-corrected chi connectivity index (χ3v) is 2.83. The molecule has 0 radical (unpaired) electrons. The molecule has 0 saturated carbocycles. The number of esters is 1. The highest BCUT2D eigenvalue weighted by Gasteiger charge is 2.20. The number of hydrogen-bond acceptors (Lipinski definition) is 3. The standard InChI is InChI=1S/C14H15NO3/c1-18-14(17)13(15-8-2-3-9-15)10-11-4-6-12(16)7-5-11/h2-9,13,16H,10H2,1H3/t13-/m1/s1. The van der Waals surface area contributed by atoms with Crippen molar-refractivity contribution in [1.29, 1.82) is 0 Å². The highest BCUT2D eigenvalue weighted by Crippen LogP contribution is 2.18. The first kappa shape index (κ1) is 12.2. The molecule has 4 nitrogen and oxygen atoms in total. The number of rotatable bonds is 4. The smallest absolute Gasteiger partial charge is 0.329 e. The lowest BCUT2D eigenvalue weighted by molar-refractivity contribution is -0.144. The Kier molecular flexibility index (Phi) is 3.67. The van der Waals surface area contributed by atoms with E-state index in [1.165, 1.54) is 7.11 Å². The number of carbonyl (C=O) groups excluding carboxylic acids is 1. The fraction of sp³-hybridized carbons (Fsp3) is 0.214. The van der Waals surface area contributed by atoms with Gasteiger partial charge >= 0.3 is 5.97 Å². The van der Waals surface area contributed by atoms with Crippen LogP contribution in [0, 0.1) is 0 Å². The Morgan fingerprint density at radius 1 is 1.28 bits per heavy atom. The van der Waals surface area contributed by atoms with E-state index < -0.39 is 0 Å². The molecule has 0 fully saturated rings. The molecule has 18 heavy (non-hydrogen) atoms. The molecule has 0 amide bonds. The molecule has 1 atom stereocenters. The van der Waals surface area contributed by atoms with Crippen molar-refractivity contribution < 1.29 is 14.6 Å². The summed E-state index contributed by atoms with van der Waals surface area (Å²) in [5.41, 5.74) is 0.969. The van der Waals surface area contributed by atoms with Crippen LogP contribution >= 0.6 is 0 Å². The number of methoxy groups -OCH3 is 1.